The Morgan fingerprint density at radius 3 is 2.70 bits per heavy atom. The lowest BCUT2D eigenvalue weighted by Gasteiger charge is -2.13. The number of nitrogens with one attached hydrogen (secondary N) is 2. The molecule has 2 amide bonds. The molecule has 0 saturated carbocycles. The minimum Gasteiger partial charge on any atom is -0.452 e. The number of esters is 1. The Kier molecular flexibility index (Phi) is 7.09. The molecule has 9 heteroatoms. The fourth-order valence-electron chi connectivity index (χ4n) is 3.63. The zero-order valence-corrected chi connectivity index (χ0v) is 18.5. The average molecular weight is 468 g/mol. The van der Waals surface area contributed by atoms with Crippen molar-refractivity contribution in [3.8, 4) is 0 Å². The Hall–Kier alpha value is -3.59. The lowest BCUT2D eigenvalue weighted by atomic mass is 9.95. The summed E-state index contributed by atoms with van der Waals surface area (Å²) >= 11 is 1.36. The van der Waals surface area contributed by atoms with Gasteiger partial charge in [0.25, 0.3) is 11.8 Å². The van der Waals surface area contributed by atoms with E-state index >= 15 is 0 Å². The molecule has 1 aliphatic carbocycles. The van der Waals surface area contributed by atoms with Gasteiger partial charge in [-0.05, 0) is 49.4 Å². The van der Waals surface area contributed by atoms with Crippen LogP contribution in [0.25, 0.3) is 0 Å². The molecular weight excluding hydrogens is 445 g/mol. The third kappa shape index (κ3) is 5.43. The number of halogens is 1. The van der Waals surface area contributed by atoms with Crippen molar-refractivity contribution in [2.45, 2.75) is 32.2 Å². The minimum absolute atomic E-state index is 0.0106. The van der Waals surface area contributed by atoms with E-state index in [-0.39, 0.29) is 12.5 Å². The van der Waals surface area contributed by atoms with Gasteiger partial charge in [0.15, 0.2) is 6.61 Å². The number of anilines is 1. The highest BCUT2D eigenvalue weighted by Crippen LogP contribution is 2.38. The van der Waals surface area contributed by atoms with Crippen LogP contribution in [0.2, 0.25) is 0 Å². The van der Waals surface area contributed by atoms with E-state index in [1.54, 1.807) is 36.5 Å². The fraction of sp³-hybridized carbons (Fsp3) is 0.250. The van der Waals surface area contributed by atoms with Crippen molar-refractivity contribution in [1.82, 2.24) is 10.3 Å². The van der Waals surface area contributed by atoms with E-state index in [1.165, 1.54) is 23.6 Å². The number of hydrogen-bond acceptors (Lipinski definition) is 6. The first-order chi connectivity index (χ1) is 16.0. The number of ether oxygens (including phenoxy) is 1. The fourth-order valence-corrected chi connectivity index (χ4v) is 4.90. The van der Waals surface area contributed by atoms with Crippen molar-refractivity contribution in [3.05, 3.63) is 81.7 Å². The standard InChI is InChI=1S/C24H22FN3O4S/c25-18-9-3-1-6-15(18)13-27-20(29)14-32-24(31)21-17-8-2-4-10-19(17)33-23(21)28-22(30)16-7-5-11-26-12-16/h1,3,5-7,9,11-12H,2,4,8,10,13-14H2,(H,27,29)(H,28,30). The highest BCUT2D eigenvalue weighted by atomic mass is 32.1. The lowest BCUT2D eigenvalue weighted by Crippen LogP contribution is -2.29. The molecule has 0 spiro atoms. The van der Waals surface area contributed by atoms with Crippen LogP contribution in [-0.2, 0) is 28.9 Å². The molecule has 7 nitrogen and oxygen atoms in total. The van der Waals surface area contributed by atoms with Crippen LogP contribution in [0.15, 0.2) is 48.8 Å². The Bertz CT molecular complexity index is 1180. The SMILES string of the molecule is O=C(COC(=O)c1c(NC(=O)c2cccnc2)sc2c1CCCC2)NCc1ccccc1F. The van der Waals surface area contributed by atoms with E-state index in [4.69, 9.17) is 4.74 Å². The molecule has 0 atom stereocenters. The Morgan fingerprint density at radius 1 is 1.09 bits per heavy atom. The summed E-state index contributed by atoms with van der Waals surface area (Å²) < 4.78 is 19.0. The number of thiophene rings is 1. The molecule has 0 saturated heterocycles. The van der Waals surface area contributed by atoms with Gasteiger partial charge in [0, 0.05) is 29.4 Å². The molecule has 0 radical (unpaired) electrons. The number of pyridine rings is 1. The number of benzene rings is 1. The topological polar surface area (TPSA) is 97.4 Å². The van der Waals surface area contributed by atoms with Crippen LogP contribution in [0.1, 0.15) is 49.6 Å². The molecule has 170 valence electrons. The van der Waals surface area contributed by atoms with Gasteiger partial charge >= 0.3 is 5.97 Å². The summed E-state index contributed by atoms with van der Waals surface area (Å²) in [4.78, 5) is 42.7. The summed E-state index contributed by atoms with van der Waals surface area (Å²) in [6.07, 6.45) is 6.49. The number of nitrogens with zero attached hydrogens (tertiary/aromatic N) is 1. The van der Waals surface area contributed by atoms with E-state index in [0.29, 0.717) is 28.1 Å². The summed E-state index contributed by atoms with van der Waals surface area (Å²) in [6, 6.07) is 9.40. The van der Waals surface area contributed by atoms with E-state index < -0.39 is 24.3 Å². The lowest BCUT2D eigenvalue weighted by molar-refractivity contribution is -0.124. The van der Waals surface area contributed by atoms with Gasteiger partial charge in [-0.25, -0.2) is 9.18 Å². The van der Waals surface area contributed by atoms with Gasteiger partial charge in [-0.2, -0.15) is 0 Å². The van der Waals surface area contributed by atoms with Gasteiger partial charge < -0.3 is 15.4 Å². The van der Waals surface area contributed by atoms with Gasteiger partial charge in [-0.3, -0.25) is 14.6 Å². The number of amides is 2. The van der Waals surface area contributed by atoms with E-state index in [2.05, 4.69) is 15.6 Å². The largest absolute Gasteiger partial charge is 0.452 e. The predicted octanol–water partition coefficient (Wildman–Crippen LogP) is 3.89. The molecule has 1 aromatic carbocycles. The van der Waals surface area contributed by atoms with Crippen LogP contribution in [-0.4, -0.2) is 29.4 Å². The maximum atomic E-state index is 13.7. The number of aryl methyl sites for hydroxylation is 1. The van der Waals surface area contributed by atoms with Crippen LogP contribution < -0.4 is 10.6 Å². The third-order valence-electron chi connectivity index (χ3n) is 5.29. The van der Waals surface area contributed by atoms with Crippen LogP contribution in [0.5, 0.6) is 0 Å². The second-order valence-electron chi connectivity index (χ2n) is 7.56. The summed E-state index contributed by atoms with van der Waals surface area (Å²) in [7, 11) is 0. The monoisotopic (exact) mass is 467 g/mol. The van der Waals surface area contributed by atoms with E-state index in [9.17, 15) is 18.8 Å². The number of hydrogen-bond donors (Lipinski definition) is 2. The summed E-state index contributed by atoms with van der Waals surface area (Å²) in [5, 5.41) is 5.75. The predicted molar refractivity (Wildman–Crippen MR) is 122 cm³/mol. The molecule has 33 heavy (non-hydrogen) atoms. The van der Waals surface area contributed by atoms with Gasteiger partial charge in [0.1, 0.15) is 10.8 Å². The van der Waals surface area contributed by atoms with Crippen molar-refractivity contribution in [3.63, 3.8) is 0 Å². The number of aromatic nitrogens is 1. The van der Waals surface area contributed by atoms with Gasteiger partial charge in [-0.15, -0.1) is 11.3 Å². The first-order valence-electron chi connectivity index (χ1n) is 10.6. The second-order valence-corrected chi connectivity index (χ2v) is 8.66. The Morgan fingerprint density at radius 2 is 1.91 bits per heavy atom. The quantitative estimate of drug-likeness (QED) is 0.514. The maximum absolute atomic E-state index is 13.7. The first-order valence-corrected chi connectivity index (χ1v) is 11.4. The highest BCUT2D eigenvalue weighted by molar-refractivity contribution is 7.17. The third-order valence-corrected chi connectivity index (χ3v) is 6.50. The van der Waals surface area contributed by atoms with Crippen molar-refractivity contribution >= 4 is 34.1 Å². The summed E-state index contributed by atoms with van der Waals surface area (Å²) in [5.74, 6) is -2.01. The Balaban J connectivity index is 1.44. The molecule has 0 aliphatic heterocycles. The number of rotatable bonds is 7. The molecule has 0 bridgehead atoms. The van der Waals surface area contributed by atoms with Crippen molar-refractivity contribution in [2.24, 2.45) is 0 Å². The summed E-state index contributed by atoms with van der Waals surface area (Å²) in [6.45, 7) is -0.517. The number of carbonyl (C=O) groups is 3. The van der Waals surface area contributed by atoms with Crippen molar-refractivity contribution in [1.29, 1.82) is 0 Å². The molecule has 2 heterocycles. The smallest absolute Gasteiger partial charge is 0.341 e. The number of fused-ring (bicyclic) bond motifs is 1. The molecular formula is C24H22FN3O4S. The van der Waals surface area contributed by atoms with E-state index in [1.807, 2.05) is 0 Å². The van der Waals surface area contributed by atoms with Crippen LogP contribution >= 0.6 is 11.3 Å². The van der Waals surface area contributed by atoms with Gasteiger partial charge in [-0.1, -0.05) is 18.2 Å². The minimum atomic E-state index is -0.670. The zero-order valence-electron chi connectivity index (χ0n) is 17.7. The molecule has 4 rings (SSSR count). The van der Waals surface area contributed by atoms with Crippen molar-refractivity contribution in [2.75, 3.05) is 11.9 Å². The maximum Gasteiger partial charge on any atom is 0.341 e. The van der Waals surface area contributed by atoms with Crippen molar-refractivity contribution < 1.29 is 23.5 Å². The molecule has 0 fully saturated rings. The Labute approximate surface area is 194 Å². The van der Waals surface area contributed by atoms with E-state index in [0.717, 1.165) is 29.7 Å². The molecule has 2 aromatic heterocycles. The molecule has 0 unspecified atom stereocenters. The normalized spacial score (nSPS) is 12.5. The average Bonchev–Trinajstić information content (AvgIpc) is 3.20. The first kappa shape index (κ1) is 22.6. The van der Waals surface area contributed by atoms with Crippen LogP contribution in [0.4, 0.5) is 9.39 Å². The summed E-state index contributed by atoms with van der Waals surface area (Å²) in [5.41, 5.74) is 1.87. The van der Waals surface area contributed by atoms with Crippen LogP contribution in [0.3, 0.4) is 0 Å². The highest BCUT2D eigenvalue weighted by Gasteiger charge is 2.28. The van der Waals surface area contributed by atoms with Crippen LogP contribution in [0, 0.1) is 5.82 Å². The van der Waals surface area contributed by atoms with Gasteiger partial charge in [0.2, 0.25) is 0 Å². The molecule has 3 aromatic rings. The second kappa shape index (κ2) is 10.4. The zero-order chi connectivity index (χ0) is 23.2. The van der Waals surface area contributed by atoms with Gasteiger partial charge in [0.05, 0.1) is 11.1 Å². The molecule has 1 aliphatic rings. The molecule has 2 N–H and O–H groups in total. The number of carbonyl (C=O) groups excluding carboxylic acids is 3.